The van der Waals surface area contributed by atoms with Crippen molar-refractivity contribution in [3.05, 3.63) is 68.6 Å². The number of halogens is 2. The Morgan fingerprint density at radius 2 is 1.74 bits per heavy atom. The zero-order valence-corrected chi connectivity index (χ0v) is 13.8. The maximum atomic E-state index is 6.26. The standard InChI is InChI=1S/C16H17Br2N/c17-13-9-10-14(15(18)11-13)16(19)8-4-7-12-5-2-1-3-6-12/h1-3,5-6,9-11,16H,4,7-8,19H2. The van der Waals surface area contributed by atoms with E-state index in [4.69, 9.17) is 5.73 Å². The maximum absolute atomic E-state index is 6.26. The summed E-state index contributed by atoms with van der Waals surface area (Å²) in [6.07, 6.45) is 3.19. The van der Waals surface area contributed by atoms with Gasteiger partial charge < -0.3 is 5.73 Å². The molecule has 0 spiro atoms. The highest BCUT2D eigenvalue weighted by molar-refractivity contribution is 9.11. The Morgan fingerprint density at radius 3 is 2.42 bits per heavy atom. The minimum absolute atomic E-state index is 0.0891. The molecule has 0 bridgehead atoms. The Balaban J connectivity index is 1.89. The van der Waals surface area contributed by atoms with Gasteiger partial charge in [-0.05, 0) is 42.5 Å². The molecule has 19 heavy (non-hydrogen) atoms. The van der Waals surface area contributed by atoms with Crippen molar-refractivity contribution >= 4 is 31.9 Å². The van der Waals surface area contributed by atoms with Crippen LogP contribution in [-0.2, 0) is 6.42 Å². The molecule has 3 heteroatoms. The van der Waals surface area contributed by atoms with Crippen molar-refractivity contribution in [2.75, 3.05) is 0 Å². The van der Waals surface area contributed by atoms with Crippen LogP contribution in [0.15, 0.2) is 57.5 Å². The summed E-state index contributed by atoms with van der Waals surface area (Å²) in [6.45, 7) is 0. The topological polar surface area (TPSA) is 26.0 Å². The third-order valence-electron chi connectivity index (χ3n) is 3.19. The van der Waals surface area contributed by atoms with Gasteiger partial charge in [0.25, 0.3) is 0 Å². The molecule has 1 atom stereocenters. The average molecular weight is 383 g/mol. The van der Waals surface area contributed by atoms with Crippen LogP contribution in [0.3, 0.4) is 0 Å². The number of nitrogens with two attached hydrogens (primary N) is 1. The Labute approximate surface area is 131 Å². The highest BCUT2D eigenvalue weighted by Crippen LogP contribution is 2.28. The van der Waals surface area contributed by atoms with E-state index in [9.17, 15) is 0 Å². The Hall–Kier alpha value is -0.640. The number of aryl methyl sites for hydroxylation is 1. The van der Waals surface area contributed by atoms with E-state index in [2.05, 4.69) is 62.2 Å². The maximum Gasteiger partial charge on any atom is 0.0306 e. The van der Waals surface area contributed by atoms with Crippen LogP contribution >= 0.6 is 31.9 Å². The molecule has 0 amide bonds. The van der Waals surface area contributed by atoms with E-state index in [1.807, 2.05) is 18.2 Å². The predicted molar refractivity (Wildman–Crippen MR) is 88.2 cm³/mol. The van der Waals surface area contributed by atoms with Crippen LogP contribution < -0.4 is 5.73 Å². The van der Waals surface area contributed by atoms with Gasteiger partial charge in [-0.15, -0.1) is 0 Å². The molecule has 1 nitrogen and oxygen atoms in total. The quantitative estimate of drug-likeness (QED) is 0.752. The first kappa shape index (κ1) is 14.8. The summed E-state index contributed by atoms with van der Waals surface area (Å²) in [5.74, 6) is 0. The zero-order valence-electron chi connectivity index (χ0n) is 10.7. The fourth-order valence-electron chi connectivity index (χ4n) is 2.13. The molecule has 2 aromatic carbocycles. The number of benzene rings is 2. The van der Waals surface area contributed by atoms with Crippen LogP contribution in [0.4, 0.5) is 0 Å². The highest BCUT2D eigenvalue weighted by atomic mass is 79.9. The lowest BCUT2D eigenvalue weighted by Gasteiger charge is -2.14. The molecular weight excluding hydrogens is 366 g/mol. The highest BCUT2D eigenvalue weighted by Gasteiger charge is 2.09. The summed E-state index contributed by atoms with van der Waals surface area (Å²) >= 11 is 7.03. The summed E-state index contributed by atoms with van der Waals surface area (Å²) in [7, 11) is 0. The molecule has 1 unspecified atom stereocenters. The van der Waals surface area contributed by atoms with Crippen molar-refractivity contribution in [1.29, 1.82) is 0 Å². The summed E-state index contributed by atoms with van der Waals surface area (Å²) in [6, 6.07) is 16.8. The molecule has 0 saturated heterocycles. The zero-order chi connectivity index (χ0) is 13.7. The molecule has 0 aromatic heterocycles. The van der Waals surface area contributed by atoms with E-state index in [0.717, 1.165) is 28.2 Å². The van der Waals surface area contributed by atoms with Crippen molar-refractivity contribution in [1.82, 2.24) is 0 Å². The van der Waals surface area contributed by atoms with E-state index < -0.39 is 0 Å². The summed E-state index contributed by atoms with van der Waals surface area (Å²) in [4.78, 5) is 0. The van der Waals surface area contributed by atoms with Gasteiger partial charge in [0, 0.05) is 15.0 Å². The third-order valence-corrected chi connectivity index (χ3v) is 4.37. The van der Waals surface area contributed by atoms with Gasteiger partial charge in [0.2, 0.25) is 0 Å². The van der Waals surface area contributed by atoms with Crippen molar-refractivity contribution in [2.45, 2.75) is 25.3 Å². The molecule has 0 saturated carbocycles. The van der Waals surface area contributed by atoms with Crippen LogP contribution in [0.1, 0.15) is 30.0 Å². The lowest BCUT2D eigenvalue weighted by molar-refractivity contribution is 0.609. The normalized spacial score (nSPS) is 12.4. The minimum atomic E-state index is 0.0891. The number of rotatable bonds is 5. The third kappa shape index (κ3) is 4.44. The molecule has 2 rings (SSSR count). The number of hydrogen-bond acceptors (Lipinski definition) is 1. The second-order valence-electron chi connectivity index (χ2n) is 4.65. The molecular formula is C16H17Br2N. The lowest BCUT2D eigenvalue weighted by atomic mass is 10.00. The SMILES string of the molecule is NC(CCCc1ccccc1)c1ccc(Br)cc1Br. The van der Waals surface area contributed by atoms with Gasteiger partial charge in [-0.3, -0.25) is 0 Å². The van der Waals surface area contributed by atoms with Gasteiger partial charge >= 0.3 is 0 Å². The van der Waals surface area contributed by atoms with Gasteiger partial charge in [-0.1, -0.05) is 68.3 Å². The Kier molecular flexibility index (Phi) is 5.61. The molecule has 0 fully saturated rings. The van der Waals surface area contributed by atoms with Crippen LogP contribution in [0.5, 0.6) is 0 Å². The van der Waals surface area contributed by atoms with E-state index in [-0.39, 0.29) is 6.04 Å². The molecule has 2 aromatic rings. The van der Waals surface area contributed by atoms with Crippen molar-refractivity contribution in [2.24, 2.45) is 5.73 Å². The smallest absolute Gasteiger partial charge is 0.0306 e. The summed E-state index contributed by atoms with van der Waals surface area (Å²) < 4.78 is 2.15. The Morgan fingerprint density at radius 1 is 1.00 bits per heavy atom. The fourth-order valence-corrected chi connectivity index (χ4v) is 3.47. The molecule has 0 radical (unpaired) electrons. The molecule has 0 aliphatic rings. The fraction of sp³-hybridized carbons (Fsp3) is 0.250. The monoisotopic (exact) mass is 381 g/mol. The number of hydrogen-bond donors (Lipinski definition) is 1. The van der Waals surface area contributed by atoms with Crippen molar-refractivity contribution < 1.29 is 0 Å². The van der Waals surface area contributed by atoms with Crippen molar-refractivity contribution in [3.63, 3.8) is 0 Å². The van der Waals surface area contributed by atoms with Crippen LogP contribution in [0.2, 0.25) is 0 Å². The van der Waals surface area contributed by atoms with Crippen LogP contribution in [-0.4, -0.2) is 0 Å². The van der Waals surface area contributed by atoms with Gasteiger partial charge in [0.05, 0.1) is 0 Å². The van der Waals surface area contributed by atoms with E-state index in [0.29, 0.717) is 0 Å². The first-order valence-corrected chi connectivity index (χ1v) is 8.00. The van der Waals surface area contributed by atoms with Crippen LogP contribution in [0, 0.1) is 0 Å². The lowest BCUT2D eigenvalue weighted by Crippen LogP contribution is -2.11. The molecule has 100 valence electrons. The van der Waals surface area contributed by atoms with Gasteiger partial charge in [-0.2, -0.15) is 0 Å². The summed E-state index contributed by atoms with van der Waals surface area (Å²) in [5, 5.41) is 0. The van der Waals surface area contributed by atoms with Gasteiger partial charge in [0.1, 0.15) is 0 Å². The first-order chi connectivity index (χ1) is 9.16. The Bertz CT molecular complexity index is 526. The molecule has 0 heterocycles. The van der Waals surface area contributed by atoms with Crippen LogP contribution in [0.25, 0.3) is 0 Å². The largest absolute Gasteiger partial charge is 0.324 e. The second kappa shape index (κ2) is 7.22. The minimum Gasteiger partial charge on any atom is -0.324 e. The second-order valence-corrected chi connectivity index (χ2v) is 6.42. The van der Waals surface area contributed by atoms with Crippen molar-refractivity contribution in [3.8, 4) is 0 Å². The first-order valence-electron chi connectivity index (χ1n) is 6.41. The molecule has 2 N–H and O–H groups in total. The van der Waals surface area contributed by atoms with Gasteiger partial charge in [-0.25, -0.2) is 0 Å². The van der Waals surface area contributed by atoms with E-state index in [1.54, 1.807) is 0 Å². The molecule has 0 aliphatic heterocycles. The predicted octanol–water partition coefficient (Wildman–Crippen LogP) is 5.23. The van der Waals surface area contributed by atoms with Gasteiger partial charge in [0.15, 0.2) is 0 Å². The summed E-state index contributed by atoms with van der Waals surface area (Å²) in [5.41, 5.74) is 8.82. The van der Waals surface area contributed by atoms with E-state index >= 15 is 0 Å². The molecule has 0 aliphatic carbocycles. The van der Waals surface area contributed by atoms with E-state index in [1.165, 1.54) is 11.1 Å². The average Bonchev–Trinajstić information content (AvgIpc) is 2.39.